The molecule has 0 saturated heterocycles. The van der Waals surface area contributed by atoms with Crippen LogP contribution in [-0.4, -0.2) is 50.5 Å². The lowest BCUT2D eigenvalue weighted by molar-refractivity contribution is 0.128. The Morgan fingerprint density at radius 2 is 1.83 bits per heavy atom. The van der Waals surface area contributed by atoms with Crippen LogP contribution in [0.3, 0.4) is 0 Å². The van der Waals surface area contributed by atoms with Crippen molar-refractivity contribution in [2.45, 2.75) is 53.4 Å². The van der Waals surface area contributed by atoms with Crippen molar-refractivity contribution in [1.29, 1.82) is 0 Å². The van der Waals surface area contributed by atoms with Gasteiger partial charge in [-0.2, -0.15) is 0 Å². The molecule has 1 unspecified atom stereocenters. The number of aliphatic hydroxyl groups is 1. The predicted octanol–water partition coefficient (Wildman–Crippen LogP) is 3.02. The molecular weight excluding hydrogens is 405 g/mol. The molecule has 0 aromatic carbocycles. The monoisotopic (exact) mass is 443 g/mol. The highest BCUT2D eigenvalue weighted by molar-refractivity contribution is 14.0. The predicted molar refractivity (Wildman–Crippen MR) is 110 cm³/mol. The summed E-state index contributed by atoms with van der Waals surface area (Å²) in [6, 6.07) is 0. The molecule has 5 nitrogen and oxygen atoms in total. The molecule has 0 aliphatic rings. The Labute approximate surface area is 160 Å². The summed E-state index contributed by atoms with van der Waals surface area (Å²) in [5.41, 5.74) is 0. The number of aliphatic hydroxyl groups excluding tert-OH is 1. The Morgan fingerprint density at radius 1 is 1.09 bits per heavy atom. The van der Waals surface area contributed by atoms with Crippen LogP contribution < -0.4 is 10.6 Å². The van der Waals surface area contributed by atoms with E-state index in [1.807, 2.05) is 0 Å². The number of nitrogens with one attached hydrogen (secondary N) is 2. The molecule has 0 fully saturated rings. The number of guanidine groups is 1. The van der Waals surface area contributed by atoms with E-state index >= 15 is 0 Å². The lowest BCUT2D eigenvalue weighted by atomic mass is 10.0. The van der Waals surface area contributed by atoms with Gasteiger partial charge in [0.05, 0.1) is 6.61 Å². The molecule has 0 aromatic heterocycles. The summed E-state index contributed by atoms with van der Waals surface area (Å²) >= 11 is 0. The number of halogens is 1. The highest BCUT2D eigenvalue weighted by atomic mass is 127. The van der Waals surface area contributed by atoms with Gasteiger partial charge in [-0.1, -0.05) is 27.2 Å². The van der Waals surface area contributed by atoms with E-state index < -0.39 is 0 Å². The summed E-state index contributed by atoms with van der Waals surface area (Å²) in [6.45, 7) is 12.8. The average molecular weight is 443 g/mol. The molecule has 0 bridgehead atoms. The first kappa shape index (κ1) is 25.2. The third kappa shape index (κ3) is 16.6. The molecular formula is C17H38IN3O2. The molecule has 0 spiro atoms. The highest BCUT2D eigenvalue weighted by Gasteiger charge is 2.07. The third-order valence-corrected chi connectivity index (χ3v) is 3.46. The van der Waals surface area contributed by atoms with Gasteiger partial charge in [0, 0.05) is 32.8 Å². The molecule has 0 amide bonds. The summed E-state index contributed by atoms with van der Waals surface area (Å²) in [5, 5.41) is 15.7. The van der Waals surface area contributed by atoms with Gasteiger partial charge in [0.1, 0.15) is 0 Å². The van der Waals surface area contributed by atoms with Crippen LogP contribution in [0.1, 0.15) is 53.4 Å². The van der Waals surface area contributed by atoms with Crippen molar-refractivity contribution in [3.8, 4) is 0 Å². The van der Waals surface area contributed by atoms with E-state index in [-0.39, 0.29) is 30.6 Å². The lowest BCUT2D eigenvalue weighted by Crippen LogP contribution is -2.39. The van der Waals surface area contributed by atoms with Gasteiger partial charge in [0.2, 0.25) is 0 Å². The summed E-state index contributed by atoms with van der Waals surface area (Å²) in [4.78, 5) is 4.62. The maximum Gasteiger partial charge on any atom is 0.191 e. The highest BCUT2D eigenvalue weighted by Crippen LogP contribution is 2.10. The smallest absolute Gasteiger partial charge is 0.191 e. The third-order valence-electron chi connectivity index (χ3n) is 3.46. The summed E-state index contributed by atoms with van der Waals surface area (Å²) in [7, 11) is 0. The molecule has 0 aromatic rings. The normalized spacial score (nSPS) is 12.9. The number of rotatable bonds is 13. The quantitative estimate of drug-likeness (QED) is 0.177. The van der Waals surface area contributed by atoms with Crippen LogP contribution >= 0.6 is 24.0 Å². The standard InChI is InChI=1S/C17H37N3O2.HI/c1-5-7-16(8-11-21)14-20-17(18-6-2)19-10-13-22-12-9-15(3)4;/h15-16,21H,5-14H2,1-4H3,(H2,18,19,20);1H. The van der Waals surface area contributed by atoms with Gasteiger partial charge in [-0.05, 0) is 38.0 Å². The molecule has 140 valence electrons. The van der Waals surface area contributed by atoms with Gasteiger partial charge < -0.3 is 20.5 Å². The van der Waals surface area contributed by atoms with Crippen molar-refractivity contribution in [3.63, 3.8) is 0 Å². The number of hydrogen-bond donors (Lipinski definition) is 3. The zero-order valence-corrected chi connectivity index (χ0v) is 17.8. The second-order valence-corrected chi connectivity index (χ2v) is 6.11. The molecule has 6 heteroatoms. The first-order valence-corrected chi connectivity index (χ1v) is 8.84. The number of nitrogens with zero attached hydrogens (tertiary/aromatic N) is 1. The minimum atomic E-state index is 0. The van der Waals surface area contributed by atoms with Gasteiger partial charge >= 0.3 is 0 Å². The van der Waals surface area contributed by atoms with Crippen LogP contribution in [0.4, 0.5) is 0 Å². The first-order chi connectivity index (χ1) is 10.6. The van der Waals surface area contributed by atoms with Crippen molar-refractivity contribution in [3.05, 3.63) is 0 Å². The number of aliphatic imine (C=N–C) groups is 1. The maximum atomic E-state index is 9.10. The van der Waals surface area contributed by atoms with Gasteiger partial charge in [0.15, 0.2) is 5.96 Å². The van der Waals surface area contributed by atoms with E-state index in [4.69, 9.17) is 9.84 Å². The molecule has 0 rings (SSSR count). The first-order valence-electron chi connectivity index (χ1n) is 8.84. The van der Waals surface area contributed by atoms with Crippen molar-refractivity contribution in [1.82, 2.24) is 10.6 Å². The van der Waals surface area contributed by atoms with Crippen LogP contribution in [0, 0.1) is 11.8 Å². The Kier molecular flexibility index (Phi) is 20.0. The summed E-state index contributed by atoms with van der Waals surface area (Å²) in [6.07, 6.45) is 4.18. The van der Waals surface area contributed by atoms with E-state index in [0.29, 0.717) is 18.4 Å². The molecule has 3 N–H and O–H groups in total. The molecule has 0 radical (unpaired) electrons. The minimum absolute atomic E-state index is 0. The molecule has 1 atom stereocenters. The molecule has 0 saturated carbocycles. The van der Waals surface area contributed by atoms with Crippen molar-refractivity contribution >= 4 is 29.9 Å². The fourth-order valence-electron chi connectivity index (χ4n) is 2.14. The average Bonchev–Trinajstić information content (AvgIpc) is 2.48. The maximum absolute atomic E-state index is 9.10. The van der Waals surface area contributed by atoms with E-state index in [1.165, 1.54) is 0 Å². The fourth-order valence-corrected chi connectivity index (χ4v) is 2.14. The van der Waals surface area contributed by atoms with Crippen molar-refractivity contribution in [2.24, 2.45) is 16.8 Å². The molecule has 0 aliphatic heterocycles. The number of hydrogen-bond acceptors (Lipinski definition) is 3. The van der Waals surface area contributed by atoms with E-state index in [1.54, 1.807) is 0 Å². The zero-order chi connectivity index (χ0) is 16.6. The van der Waals surface area contributed by atoms with Crippen molar-refractivity contribution < 1.29 is 9.84 Å². The van der Waals surface area contributed by atoms with Gasteiger partial charge in [-0.3, -0.25) is 4.99 Å². The lowest BCUT2D eigenvalue weighted by Gasteiger charge is -2.15. The van der Waals surface area contributed by atoms with Crippen LogP contribution in [0.15, 0.2) is 4.99 Å². The summed E-state index contributed by atoms with van der Waals surface area (Å²) < 4.78 is 5.60. The van der Waals surface area contributed by atoms with E-state index in [2.05, 4.69) is 43.3 Å². The van der Waals surface area contributed by atoms with Crippen LogP contribution in [0.5, 0.6) is 0 Å². The van der Waals surface area contributed by atoms with Gasteiger partial charge in [0.25, 0.3) is 0 Å². The second-order valence-electron chi connectivity index (χ2n) is 6.11. The second kappa shape index (κ2) is 18.3. The topological polar surface area (TPSA) is 65.9 Å². The van der Waals surface area contributed by atoms with Crippen LogP contribution in [0.25, 0.3) is 0 Å². The Hall–Kier alpha value is -0.0800. The van der Waals surface area contributed by atoms with E-state index in [9.17, 15) is 0 Å². The zero-order valence-electron chi connectivity index (χ0n) is 15.4. The van der Waals surface area contributed by atoms with Gasteiger partial charge in [-0.15, -0.1) is 24.0 Å². The largest absolute Gasteiger partial charge is 0.396 e. The Balaban J connectivity index is 0. The molecule has 23 heavy (non-hydrogen) atoms. The van der Waals surface area contributed by atoms with Crippen LogP contribution in [0.2, 0.25) is 0 Å². The van der Waals surface area contributed by atoms with Gasteiger partial charge in [-0.25, -0.2) is 0 Å². The van der Waals surface area contributed by atoms with E-state index in [0.717, 1.165) is 57.9 Å². The van der Waals surface area contributed by atoms with Crippen LogP contribution in [-0.2, 0) is 4.74 Å². The molecule has 0 aliphatic carbocycles. The minimum Gasteiger partial charge on any atom is -0.396 e. The fraction of sp³-hybridized carbons (Fsp3) is 0.941. The number of ether oxygens (including phenoxy) is 1. The Bertz CT molecular complexity index is 271. The molecule has 0 heterocycles. The summed E-state index contributed by atoms with van der Waals surface area (Å²) in [5.74, 6) is 2.00. The van der Waals surface area contributed by atoms with Crippen molar-refractivity contribution in [2.75, 3.05) is 39.5 Å². The Morgan fingerprint density at radius 3 is 2.39 bits per heavy atom. The SMILES string of the molecule is CCCC(CCO)CN=C(NCC)NCCOCCC(C)C.I.